The fourth-order valence-electron chi connectivity index (χ4n) is 2.51. The topological polar surface area (TPSA) is 71.3 Å². The Morgan fingerprint density at radius 2 is 1.75 bits per heavy atom. The number of ether oxygens (including phenoxy) is 3. The third-order valence-electron chi connectivity index (χ3n) is 3.54. The SMILES string of the molecule is COc1ccc(-c2cc(-n3cccn3)nc(C)n2)c(OC)c1OC. The molecule has 0 saturated heterocycles. The largest absolute Gasteiger partial charge is 0.493 e. The van der Waals surface area contributed by atoms with Crippen LogP contribution in [0.4, 0.5) is 0 Å². The first-order valence-corrected chi connectivity index (χ1v) is 7.33. The van der Waals surface area contributed by atoms with Crippen LogP contribution in [0.2, 0.25) is 0 Å². The highest BCUT2D eigenvalue weighted by Gasteiger charge is 2.19. The second-order valence-electron chi connectivity index (χ2n) is 4.99. The molecule has 24 heavy (non-hydrogen) atoms. The lowest BCUT2D eigenvalue weighted by atomic mass is 10.1. The first-order chi connectivity index (χ1) is 11.7. The Morgan fingerprint density at radius 1 is 0.958 bits per heavy atom. The van der Waals surface area contributed by atoms with Gasteiger partial charge in [-0.1, -0.05) is 0 Å². The highest BCUT2D eigenvalue weighted by molar-refractivity contribution is 5.74. The van der Waals surface area contributed by atoms with Gasteiger partial charge in [0.1, 0.15) is 5.82 Å². The van der Waals surface area contributed by atoms with Crippen molar-refractivity contribution in [2.45, 2.75) is 6.92 Å². The third kappa shape index (κ3) is 2.76. The van der Waals surface area contributed by atoms with Crippen LogP contribution in [0, 0.1) is 6.92 Å². The molecule has 0 bridgehead atoms. The molecule has 0 aliphatic heterocycles. The van der Waals surface area contributed by atoms with Gasteiger partial charge in [0.15, 0.2) is 17.3 Å². The normalized spacial score (nSPS) is 10.5. The molecule has 1 aromatic carbocycles. The number of hydrogen-bond acceptors (Lipinski definition) is 6. The van der Waals surface area contributed by atoms with E-state index in [9.17, 15) is 0 Å². The number of hydrogen-bond donors (Lipinski definition) is 0. The molecule has 0 radical (unpaired) electrons. The van der Waals surface area contributed by atoms with E-state index in [-0.39, 0.29) is 0 Å². The van der Waals surface area contributed by atoms with Gasteiger partial charge in [0.2, 0.25) is 5.75 Å². The Bertz CT molecular complexity index is 847. The molecule has 7 heteroatoms. The van der Waals surface area contributed by atoms with Crippen molar-refractivity contribution < 1.29 is 14.2 Å². The van der Waals surface area contributed by atoms with Crippen LogP contribution in [0.25, 0.3) is 17.1 Å². The van der Waals surface area contributed by atoms with E-state index < -0.39 is 0 Å². The van der Waals surface area contributed by atoms with E-state index in [1.165, 1.54) is 0 Å². The summed E-state index contributed by atoms with van der Waals surface area (Å²) in [6.45, 7) is 1.84. The molecule has 0 aliphatic rings. The minimum absolute atomic E-state index is 0.523. The van der Waals surface area contributed by atoms with E-state index in [1.54, 1.807) is 32.2 Å². The van der Waals surface area contributed by atoms with Crippen molar-refractivity contribution in [2.75, 3.05) is 21.3 Å². The first-order valence-electron chi connectivity index (χ1n) is 7.33. The quantitative estimate of drug-likeness (QED) is 0.718. The second kappa shape index (κ2) is 6.57. The van der Waals surface area contributed by atoms with Crippen molar-refractivity contribution in [3.63, 3.8) is 0 Å². The zero-order valence-corrected chi connectivity index (χ0v) is 14.0. The molecule has 0 saturated carbocycles. The van der Waals surface area contributed by atoms with Crippen LogP contribution in [-0.2, 0) is 0 Å². The van der Waals surface area contributed by atoms with Crippen LogP contribution in [0.15, 0.2) is 36.7 Å². The summed E-state index contributed by atoms with van der Waals surface area (Å²) in [4.78, 5) is 8.95. The highest BCUT2D eigenvalue weighted by Crippen LogP contribution is 2.43. The molecule has 2 aromatic heterocycles. The van der Waals surface area contributed by atoms with Gasteiger partial charge in [-0.15, -0.1) is 0 Å². The number of benzene rings is 1. The zero-order chi connectivity index (χ0) is 17.1. The maximum Gasteiger partial charge on any atom is 0.203 e. The molecule has 0 aliphatic carbocycles. The lowest BCUT2D eigenvalue weighted by Crippen LogP contribution is -2.03. The van der Waals surface area contributed by atoms with E-state index in [4.69, 9.17) is 14.2 Å². The third-order valence-corrected chi connectivity index (χ3v) is 3.54. The van der Waals surface area contributed by atoms with Crippen molar-refractivity contribution in [3.8, 4) is 34.3 Å². The van der Waals surface area contributed by atoms with E-state index in [0.717, 1.165) is 5.56 Å². The van der Waals surface area contributed by atoms with Crippen LogP contribution in [0.1, 0.15) is 5.82 Å². The molecule has 2 heterocycles. The molecule has 0 spiro atoms. The number of methoxy groups -OCH3 is 3. The fourth-order valence-corrected chi connectivity index (χ4v) is 2.51. The average Bonchev–Trinajstić information content (AvgIpc) is 3.14. The maximum atomic E-state index is 5.55. The molecule has 0 amide bonds. The molecule has 0 atom stereocenters. The number of rotatable bonds is 5. The Morgan fingerprint density at radius 3 is 2.38 bits per heavy atom. The van der Waals surface area contributed by atoms with E-state index >= 15 is 0 Å². The van der Waals surface area contributed by atoms with E-state index in [1.807, 2.05) is 37.4 Å². The minimum Gasteiger partial charge on any atom is -0.493 e. The predicted molar refractivity (Wildman–Crippen MR) is 89.0 cm³/mol. The molecule has 0 N–H and O–H groups in total. The van der Waals surface area contributed by atoms with Gasteiger partial charge in [-0.25, -0.2) is 14.6 Å². The Labute approximate surface area is 139 Å². The molecular formula is C17H18N4O3. The van der Waals surface area contributed by atoms with E-state index in [2.05, 4.69) is 15.1 Å². The van der Waals surface area contributed by atoms with Crippen molar-refractivity contribution in [3.05, 3.63) is 42.5 Å². The molecule has 0 fully saturated rings. The van der Waals surface area contributed by atoms with Crippen LogP contribution < -0.4 is 14.2 Å². The van der Waals surface area contributed by atoms with E-state index in [0.29, 0.717) is 34.6 Å². The lowest BCUT2D eigenvalue weighted by Gasteiger charge is -2.16. The summed E-state index contributed by atoms with van der Waals surface area (Å²) in [5, 5.41) is 4.22. The highest BCUT2D eigenvalue weighted by atomic mass is 16.5. The predicted octanol–water partition coefficient (Wildman–Crippen LogP) is 2.66. The summed E-state index contributed by atoms with van der Waals surface area (Å²) in [6.07, 6.45) is 3.53. The van der Waals surface area contributed by atoms with Gasteiger partial charge in [-0.2, -0.15) is 5.10 Å². The van der Waals surface area contributed by atoms with Gasteiger partial charge >= 0.3 is 0 Å². The van der Waals surface area contributed by atoms with Gasteiger partial charge in [-0.05, 0) is 25.1 Å². The van der Waals surface area contributed by atoms with Crippen molar-refractivity contribution in [1.29, 1.82) is 0 Å². The summed E-state index contributed by atoms with van der Waals surface area (Å²) >= 11 is 0. The Balaban J connectivity index is 2.19. The summed E-state index contributed by atoms with van der Waals surface area (Å²) < 4.78 is 18.0. The average molecular weight is 326 g/mol. The smallest absolute Gasteiger partial charge is 0.203 e. The van der Waals surface area contributed by atoms with Crippen molar-refractivity contribution in [1.82, 2.24) is 19.7 Å². The van der Waals surface area contributed by atoms with Gasteiger partial charge in [0.05, 0.1) is 27.0 Å². The second-order valence-corrected chi connectivity index (χ2v) is 4.99. The van der Waals surface area contributed by atoms with Crippen molar-refractivity contribution >= 4 is 0 Å². The van der Waals surface area contributed by atoms with Crippen LogP contribution in [0.5, 0.6) is 17.2 Å². The van der Waals surface area contributed by atoms with Crippen LogP contribution in [-0.4, -0.2) is 41.1 Å². The van der Waals surface area contributed by atoms with Gasteiger partial charge in [0, 0.05) is 24.0 Å². The molecule has 3 rings (SSSR count). The van der Waals surface area contributed by atoms with Crippen LogP contribution in [0.3, 0.4) is 0 Å². The van der Waals surface area contributed by atoms with Gasteiger partial charge in [-0.3, -0.25) is 0 Å². The van der Waals surface area contributed by atoms with Gasteiger partial charge < -0.3 is 14.2 Å². The molecule has 0 unspecified atom stereocenters. The summed E-state index contributed by atoms with van der Waals surface area (Å²) in [7, 11) is 4.75. The lowest BCUT2D eigenvalue weighted by molar-refractivity contribution is 0.325. The zero-order valence-electron chi connectivity index (χ0n) is 14.0. The summed E-state index contributed by atoms with van der Waals surface area (Å²) in [6, 6.07) is 7.40. The number of nitrogens with zero attached hydrogens (tertiary/aromatic N) is 4. The van der Waals surface area contributed by atoms with Gasteiger partial charge in [0.25, 0.3) is 0 Å². The Hall–Kier alpha value is -3.09. The Kier molecular flexibility index (Phi) is 4.33. The molecular weight excluding hydrogens is 308 g/mol. The monoisotopic (exact) mass is 326 g/mol. The summed E-state index contributed by atoms with van der Waals surface area (Å²) in [5.41, 5.74) is 1.50. The fraction of sp³-hybridized carbons (Fsp3) is 0.235. The first kappa shape index (κ1) is 15.8. The van der Waals surface area contributed by atoms with Crippen molar-refractivity contribution in [2.24, 2.45) is 0 Å². The standard InChI is InChI=1S/C17H18N4O3/c1-11-19-13(10-15(20-11)21-9-5-8-18-21)12-6-7-14(22-2)17(24-4)16(12)23-3/h5-10H,1-4H3. The maximum absolute atomic E-state index is 5.55. The molecule has 3 aromatic rings. The van der Waals surface area contributed by atoms with Crippen LogP contribution >= 0.6 is 0 Å². The minimum atomic E-state index is 0.523. The summed E-state index contributed by atoms with van der Waals surface area (Å²) in [5.74, 6) is 2.99. The number of aryl methyl sites for hydroxylation is 1. The number of aromatic nitrogens is 4. The molecule has 7 nitrogen and oxygen atoms in total. The molecule has 124 valence electrons.